The van der Waals surface area contributed by atoms with Crippen LogP contribution in [0.15, 0.2) is 11.1 Å². The van der Waals surface area contributed by atoms with Gasteiger partial charge in [0, 0.05) is 25.8 Å². The lowest BCUT2D eigenvalue weighted by Crippen LogP contribution is -2.48. The number of allylic oxidation sites excluding steroid dienone is 1. The minimum atomic E-state index is -1.17. The standard InChI is InChI=1S/C16H25ClO7/c1-9(8-17)6-7-14(21)24-15(10(2)18)16(23-13(5)20)11(3)22-12(4)19/h8,10-11,15-16,18H,6-7H2,1-5H3/t10-,11+,15+,16-/m1/s1. The van der Waals surface area contributed by atoms with Crippen LogP contribution in [0.2, 0.25) is 0 Å². The molecule has 0 amide bonds. The number of esters is 3. The average molecular weight is 365 g/mol. The van der Waals surface area contributed by atoms with Crippen LogP contribution in [-0.4, -0.2) is 47.4 Å². The van der Waals surface area contributed by atoms with E-state index in [9.17, 15) is 19.5 Å². The second-order valence-electron chi connectivity index (χ2n) is 5.54. The highest BCUT2D eigenvalue weighted by molar-refractivity contribution is 6.25. The van der Waals surface area contributed by atoms with E-state index in [-0.39, 0.29) is 6.42 Å². The average Bonchev–Trinajstić information content (AvgIpc) is 2.46. The maximum atomic E-state index is 12.0. The van der Waals surface area contributed by atoms with Gasteiger partial charge in [0.1, 0.15) is 6.10 Å². The van der Waals surface area contributed by atoms with Gasteiger partial charge in [-0.25, -0.2) is 0 Å². The molecule has 1 N–H and O–H groups in total. The Morgan fingerprint density at radius 2 is 1.50 bits per heavy atom. The molecule has 0 spiro atoms. The minimum Gasteiger partial charge on any atom is -0.459 e. The molecule has 0 aliphatic carbocycles. The van der Waals surface area contributed by atoms with E-state index in [1.54, 1.807) is 6.92 Å². The molecular formula is C16H25ClO7. The molecule has 0 unspecified atom stereocenters. The molecule has 24 heavy (non-hydrogen) atoms. The molecule has 0 rings (SSSR count). The first-order valence-electron chi connectivity index (χ1n) is 7.56. The molecule has 0 aliphatic heterocycles. The van der Waals surface area contributed by atoms with Crippen LogP contribution >= 0.6 is 11.6 Å². The summed E-state index contributed by atoms with van der Waals surface area (Å²) in [5.74, 6) is -1.83. The highest BCUT2D eigenvalue weighted by Crippen LogP contribution is 2.18. The van der Waals surface area contributed by atoms with Crippen LogP contribution in [0.5, 0.6) is 0 Å². The second-order valence-corrected chi connectivity index (χ2v) is 5.76. The highest BCUT2D eigenvalue weighted by Gasteiger charge is 2.37. The van der Waals surface area contributed by atoms with E-state index in [1.807, 2.05) is 0 Å². The van der Waals surface area contributed by atoms with Crippen LogP contribution < -0.4 is 0 Å². The number of aliphatic hydroxyl groups is 1. The fourth-order valence-electron chi connectivity index (χ4n) is 1.96. The fourth-order valence-corrected chi connectivity index (χ4v) is 2.06. The number of carbonyl (C=O) groups excluding carboxylic acids is 3. The molecule has 0 aromatic rings. The number of carbonyl (C=O) groups is 3. The maximum Gasteiger partial charge on any atom is 0.306 e. The molecule has 4 atom stereocenters. The summed E-state index contributed by atoms with van der Waals surface area (Å²) >= 11 is 5.53. The Morgan fingerprint density at radius 3 is 1.92 bits per heavy atom. The van der Waals surface area contributed by atoms with Crippen molar-refractivity contribution >= 4 is 29.5 Å². The molecule has 0 saturated carbocycles. The van der Waals surface area contributed by atoms with Crippen molar-refractivity contribution in [3.63, 3.8) is 0 Å². The minimum absolute atomic E-state index is 0.0486. The number of aliphatic hydroxyl groups excluding tert-OH is 1. The van der Waals surface area contributed by atoms with Gasteiger partial charge in [-0.3, -0.25) is 14.4 Å². The maximum absolute atomic E-state index is 12.0. The molecule has 0 heterocycles. The highest BCUT2D eigenvalue weighted by atomic mass is 35.5. The van der Waals surface area contributed by atoms with Crippen LogP contribution in [0.4, 0.5) is 0 Å². The monoisotopic (exact) mass is 364 g/mol. The zero-order valence-corrected chi connectivity index (χ0v) is 15.3. The molecule has 7 nitrogen and oxygen atoms in total. The van der Waals surface area contributed by atoms with E-state index in [1.165, 1.54) is 33.2 Å². The lowest BCUT2D eigenvalue weighted by atomic mass is 10.0. The quantitative estimate of drug-likeness (QED) is 0.494. The number of hydrogen-bond acceptors (Lipinski definition) is 7. The Bertz CT molecular complexity index is 473. The van der Waals surface area contributed by atoms with Crippen molar-refractivity contribution in [2.75, 3.05) is 0 Å². The van der Waals surface area contributed by atoms with Gasteiger partial charge in [-0.1, -0.05) is 17.2 Å². The number of halogens is 1. The van der Waals surface area contributed by atoms with Crippen LogP contribution in [-0.2, 0) is 28.6 Å². The van der Waals surface area contributed by atoms with Gasteiger partial charge in [-0.05, 0) is 27.2 Å². The van der Waals surface area contributed by atoms with Gasteiger partial charge >= 0.3 is 17.9 Å². The predicted molar refractivity (Wildman–Crippen MR) is 87.2 cm³/mol. The van der Waals surface area contributed by atoms with Gasteiger partial charge in [0.05, 0.1) is 6.10 Å². The first-order chi connectivity index (χ1) is 11.1. The molecule has 0 fully saturated rings. The van der Waals surface area contributed by atoms with Crippen molar-refractivity contribution in [2.45, 2.75) is 71.9 Å². The van der Waals surface area contributed by atoms with Gasteiger partial charge in [-0.2, -0.15) is 0 Å². The van der Waals surface area contributed by atoms with E-state index in [4.69, 9.17) is 25.8 Å². The van der Waals surface area contributed by atoms with Crippen molar-refractivity contribution in [3.8, 4) is 0 Å². The molecule has 0 saturated heterocycles. The summed E-state index contributed by atoms with van der Waals surface area (Å²) < 4.78 is 15.3. The van der Waals surface area contributed by atoms with E-state index in [0.29, 0.717) is 6.42 Å². The van der Waals surface area contributed by atoms with Crippen LogP contribution in [0.1, 0.15) is 47.5 Å². The summed E-state index contributed by atoms with van der Waals surface area (Å²) in [5, 5.41) is 9.91. The van der Waals surface area contributed by atoms with Crippen molar-refractivity contribution in [1.82, 2.24) is 0 Å². The SMILES string of the molecule is CC(=O)O[C@@H]([C@@H](OC(=O)CCC(C)=CCl)[C@@H](C)O)[C@H](C)OC(C)=O. The van der Waals surface area contributed by atoms with Gasteiger partial charge in [0.2, 0.25) is 0 Å². The summed E-state index contributed by atoms with van der Waals surface area (Å²) in [6, 6.07) is 0. The molecule has 8 heteroatoms. The van der Waals surface area contributed by atoms with E-state index < -0.39 is 42.3 Å². The molecular weight excluding hydrogens is 340 g/mol. The Balaban J connectivity index is 5.12. The molecule has 138 valence electrons. The van der Waals surface area contributed by atoms with Crippen molar-refractivity contribution in [1.29, 1.82) is 0 Å². The first-order valence-corrected chi connectivity index (χ1v) is 8.00. The van der Waals surface area contributed by atoms with E-state index >= 15 is 0 Å². The van der Waals surface area contributed by atoms with Crippen molar-refractivity contribution in [2.24, 2.45) is 0 Å². The Morgan fingerprint density at radius 1 is 0.958 bits per heavy atom. The van der Waals surface area contributed by atoms with Crippen LogP contribution in [0.3, 0.4) is 0 Å². The van der Waals surface area contributed by atoms with E-state index in [2.05, 4.69) is 0 Å². The molecule has 0 aromatic carbocycles. The zero-order chi connectivity index (χ0) is 18.9. The Kier molecular flexibility index (Phi) is 10.3. The summed E-state index contributed by atoms with van der Waals surface area (Å²) in [7, 11) is 0. The third-order valence-electron chi connectivity index (χ3n) is 3.09. The largest absolute Gasteiger partial charge is 0.459 e. The summed E-state index contributed by atoms with van der Waals surface area (Å²) in [6.07, 6.45) is -3.89. The van der Waals surface area contributed by atoms with Crippen LogP contribution in [0.25, 0.3) is 0 Å². The first kappa shape index (κ1) is 22.4. The normalized spacial score (nSPS) is 16.5. The van der Waals surface area contributed by atoms with Gasteiger partial charge in [0.25, 0.3) is 0 Å². The third kappa shape index (κ3) is 8.88. The number of hydrogen-bond donors (Lipinski definition) is 1. The lowest BCUT2D eigenvalue weighted by Gasteiger charge is -2.32. The Labute approximate surface area is 146 Å². The second kappa shape index (κ2) is 11.0. The molecule has 0 bridgehead atoms. The zero-order valence-electron chi connectivity index (χ0n) is 14.6. The van der Waals surface area contributed by atoms with Gasteiger partial charge in [0.15, 0.2) is 12.2 Å². The molecule has 0 radical (unpaired) electrons. The molecule has 0 aromatic heterocycles. The van der Waals surface area contributed by atoms with E-state index in [0.717, 1.165) is 5.57 Å². The predicted octanol–water partition coefficient (Wildman–Crippen LogP) is 2.09. The number of ether oxygens (including phenoxy) is 3. The van der Waals surface area contributed by atoms with Crippen molar-refractivity contribution in [3.05, 3.63) is 11.1 Å². The van der Waals surface area contributed by atoms with Crippen LogP contribution in [0, 0.1) is 0 Å². The van der Waals surface area contributed by atoms with Gasteiger partial charge < -0.3 is 19.3 Å². The smallest absolute Gasteiger partial charge is 0.306 e. The van der Waals surface area contributed by atoms with Gasteiger partial charge in [-0.15, -0.1) is 0 Å². The lowest BCUT2D eigenvalue weighted by molar-refractivity contribution is -0.191. The fraction of sp³-hybridized carbons (Fsp3) is 0.688. The topological polar surface area (TPSA) is 99.1 Å². The van der Waals surface area contributed by atoms with Crippen molar-refractivity contribution < 1.29 is 33.7 Å². The Hall–Kier alpha value is -1.60. The summed E-state index contributed by atoms with van der Waals surface area (Å²) in [6.45, 7) is 7.00. The molecule has 0 aliphatic rings. The summed E-state index contributed by atoms with van der Waals surface area (Å²) in [4.78, 5) is 34.4. The third-order valence-corrected chi connectivity index (χ3v) is 3.47. The summed E-state index contributed by atoms with van der Waals surface area (Å²) in [5.41, 5.74) is 2.16. The number of rotatable bonds is 9.